The fourth-order valence-corrected chi connectivity index (χ4v) is 4.43. The summed E-state index contributed by atoms with van der Waals surface area (Å²) in [6.45, 7) is 0.974. The third kappa shape index (κ3) is 5.78. The Morgan fingerprint density at radius 3 is 2.44 bits per heavy atom. The molecule has 140 valence electrons. The predicted molar refractivity (Wildman–Crippen MR) is 121 cm³/mol. The molecule has 0 aliphatic heterocycles. The number of ether oxygens (including phenoxy) is 1. The average Bonchev–Trinajstić information content (AvgIpc) is 2.62. The molecule has 3 aromatic carbocycles. The molecule has 1 N–H and O–H groups in total. The highest BCUT2D eigenvalue weighted by molar-refractivity contribution is 9.11. The van der Waals surface area contributed by atoms with Crippen molar-refractivity contribution in [2.75, 3.05) is 5.32 Å². The van der Waals surface area contributed by atoms with Crippen molar-refractivity contribution in [1.82, 2.24) is 0 Å². The Hall–Kier alpha value is -0.910. The van der Waals surface area contributed by atoms with Gasteiger partial charge in [0, 0.05) is 27.3 Å². The summed E-state index contributed by atoms with van der Waals surface area (Å²) in [6.07, 6.45) is 0. The van der Waals surface area contributed by atoms with Crippen molar-refractivity contribution in [2.24, 2.45) is 0 Å². The van der Waals surface area contributed by atoms with Crippen molar-refractivity contribution >= 4 is 72.4 Å². The summed E-state index contributed by atoms with van der Waals surface area (Å²) in [6, 6.07) is 17.0. The highest BCUT2D eigenvalue weighted by atomic mass is 79.9. The standard InChI is InChI=1S/C20H14Br2Cl3NO/c21-14-7-13(10-26-16-4-5-18(24)19(25)9-16)20(17(22)8-14)27-11-12-2-1-3-15(23)6-12/h1-9,26H,10-11H2. The van der Waals surface area contributed by atoms with Crippen LogP contribution >= 0.6 is 66.7 Å². The Kier molecular flexibility index (Phi) is 7.35. The zero-order valence-corrected chi connectivity index (χ0v) is 19.3. The summed E-state index contributed by atoms with van der Waals surface area (Å²) in [5.41, 5.74) is 2.87. The molecule has 3 aromatic rings. The minimum Gasteiger partial charge on any atom is -0.487 e. The molecule has 0 spiro atoms. The second-order valence-electron chi connectivity index (χ2n) is 5.78. The molecule has 0 unspecified atom stereocenters. The van der Waals surface area contributed by atoms with Crippen LogP contribution in [0.4, 0.5) is 5.69 Å². The summed E-state index contributed by atoms with van der Waals surface area (Å²) < 4.78 is 7.90. The van der Waals surface area contributed by atoms with Crippen LogP contribution in [0.2, 0.25) is 15.1 Å². The molecule has 0 saturated heterocycles. The number of nitrogens with one attached hydrogen (secondary N) is 1. The van der Waals surface area contributed by atoms with Crippen molar-refractivity contribution in [1.29, 1.82) is 0 Å². The summed E-state index contributed by atoms with van der Waals surface area (Å²) in [4.78, 5) is 0. The van der Waals surface area contributed by atoms with E-state index in [1.807, 2.05) is 42.5 Å². The summed E-state index contributed by atoms with van der Waals surface area (Å²) in [7, 11) is 0. The van der Waals surface area contributed by atoms with E-state index in [1.165, 1.54) is 0 Å². The number of benzene rings is 3. The first-order chi connectivity index (χ1) is 12.9. The molecule has 0 bridgehead atoms. The van der Waals surface area contributed by atoms with Crippen LogP contribution in [-0.2, 0) is 13.2 Å². The number of hydrogen-bond donors (Lipinski definition) is 1. The van der Waals surface area contributed by atoms with E-state index in [9.17, 15) is 0 Å². The predicted octanol–water partition coefficient (Wildman–Crippen LogP) is 8.36. The molecule has 2 nitrogen and oxygen atoms in total. The number of rotatable bonds is 6. The number of anilines is 1. The lowest BCUT2D eigenvalue weighted by molar-refractivity contribution is 0.301. The molecule has 0 amide bonds. The van der Waals surface area contributed by atoms with Gasteiger partial charge in [0.05, 0.1) is 14.5 Å². The normalized spacial score (nSPS) is 10.7. The zero-order valence-electron chi connectivity index (χ0n) is 13.9. The molecule has 0 aliphatic carbocycles. The van der Waals surface area contributed by atoms with Crippen LogP contribution in [0.1, 0.15) is 11.1 Å². The second-order valence-corrected chi connectivity index (χ2v) is 8.80. The van der Waals surface area contributed by atoms with E-state index in [2.05, 4.69) is 37.2 Å². The van der Waals surface area contributed by atoms with E-state index in [4.69, 9.17) is 39.5 Å². The summed E-state index contributed by atoms with van der Waals surface area (Å²) in [5.74, 6) is 0.769. The maximum atomic E-state index is 6.09. The van der Waals surface area contributed by atoms with Crippen LogP contribution in [0.3, 0.4) is 0 Å². The van der Waals surface area contributed by atoms with E-state index in [0.717, 1.165) is 31.5 Å². The van der Waals surface area contributed by atoms with Crippen LogP contribution in [-0.4, -0.2) is 0 Å². The van der Waals surface area contributed by atoms with E-state index >= 15 is 0 Å². The molecule has 0 saturated carbocycles. The van der Waals surface area contributed by atoms with Crippen molar-refractivity contribution in [3.05, 3.63) is 89.7 Å². The third-order valence-electron chi connectivity index (χ3n) is 3.76. The van der Waals surface area contributed by atoms with Gasteiger partial charge in [-0.2, -0.15) is 0 Å². The topological polar surface area (TPSA) is 21.3 Å². The van der Waals surface area contributed by atoms with Crippen molar-refractivity contribution in [3.63, 3.8) is 0 Å². The Morgan fingerprint density at radius 2 is 1.70 bits per heavy atom. The highest BCUT2D eigenvalue weighted by Gasteiger charge is 2.11. The Labute approximate surface area is 190 Å². The zero-order chi connectivity index (χ0) is 19.4. The lowest BCUT2D eigenvalue weighted by Crippen LogP contribution is -2.05. The molecule has 0 aromatic heterocycles. The quantitative estimate of drug-likeness (QED) is 0.333. The van der Waals surface area contributed by atoms with Gasteiger partial charge in [-0.1, -0.05) is 62.9 Å². The van der Waals surface area contributed by atoms with Gasteiger partial charge in [0.2, 0.25) is 0 Å². The SMILES string of the molecule is Clc1cccc(COc2c(Br)cc(Br)cc2CNc2ccc(Cl)c(Cl)c2)c1. The minimum absolute atomic E-state index is 0.417. The summed E-state index contributed by atoms with van der Waals surface area (Å²) >= 11 is 25.2. The molecule has 3 rings (SSSR count). The highest BCUT2D eigenvalue weighted by Crippen LogP contribution is 2.34. The maximum Gasteiger partial charge on any atom is 0.139 e. The van der Waals surface area contributed by atoms with Crippen molar-refractivity contribution in [3.8, 4) is 5.75 Å². The van der Waals surface area contributed by atoms with E-state index in [0.29, 0.717) is 28.2 Å². The smallest absolute Gasteiger partial charge is 0.139 e. The average molecular weight is 551 g/mol. The van der Waals surface area contributed by atoms with Gasteiger partial charge < -0.3 is 10.1 Å². The minimum atomic E-state index is 0.417. The lowest BCUT2D eigenvalue weighted by atomic mass is 10.2. The Bertz CT molecular complexity index is 966. The molecule has 0 radical (unpaired) electrons. The molecular weight excluding hydrogens is 536 g/mol. The molecule has 7 heteroatoms. The summed E-state index contributed by atoms with van der Waals surface area (Å²) in [5, 5.41) is 5.07. The lowest BCUT2D eigenvalue weighted by Gasteiger charge is -2.16. The molecule has 0 heterocycles. The fourth-order valence-electron chi connectivity index (χ4n) is 2.49. The van der Waals surface area contributed by atoms with Crippen LogP contribution in [0.15, 0.2) is 63.5 Å². The largest absolute Gasteiger partial charge is 0.487 e. The number of halogens is 5. The molecular formula is C20H14Br2Cl3NO. The van der Waals surface area contributed by atoms with Crippen LogP contribution in [0, 0.1) is 0 Å². The van der Waals surface area contributed by atoms with E-state index in [-0.39, 0.29) is 0 Å². The van der Waals surface area contributed by atoms with Gasteiger partial charge in [-0.05, 0) is 64.0 Å². The van der Waals surface area contributed by atoms with Gasteiger partial charge in [-0.25, -0.2) is 0 Å². The van der Waals surface area contributed by atoms with Gasteiger partial charge in [-0.15, -0.1) is 0 Å². The van der Waals surface area contributed by atoms with Gasteiger partial charge in [-0.3, -0.25) is 0 Å². The van der Waals surface area contributed by atoms with Gasteiger partial charge in [0.25, 0.3) is 0 Å². The monoisotopic (exact) mass is 547 g/mol. The molecule has 0 aliphatic rings. The van der Waals surface area contributed by atoms with Gasteiger partial charge in [0.1, 0.15) is 12.4 Å². The first-order valence-corrected chi connectivity index (χ1v) is 10.7. The van der Waals surface area contributed by atoms with Crippen LogP contribution in [0.5, 0.6) is 5.75 Å². The Balaban J connectivity index is 1.78. The van der Waals surface area contributed by atoms with Gasteiger partial charge in [0.15, 0.2) is 0 Å². The molecule has 0 fully saturated rings. The first kappa shape index (κ1) is 20.8. The van der Waals surface area contributed by atoms with Crippen LogP contribution in [0.25, 0.3) is 0 Å². The maximum absolute atomic E-state index is 6.09. The van der Waals surface area contributed by atoms with E-state index < -0.39 is 0 Å². The van der Waals surface area contributed by atoms with Gasteiger partial charge >= 0.3 is 0 Å². The number of hydrogen-bond acceptors (Lipinski definition) is 2. The molecule has 27 heavy (non-hydrogen) atoms. The van der Waals surface area contributed by atoms with Crippen molar-refractivity contribution < 1.29 is 4.74 Å². The first-order valence-electron chi connectivity index (χ1n) is 7.96. The van der Waals surface area contributed by atoms with Crippen molar-refractivity contribution in [2.45, 2.75) is 13.2 Å². The second kappa shape index (κ2) is 9.53. The van der Waals surface area contributed by atoms with E-state index in [1.54, 1.807) is 12.1 Å². The molecule has 0 atom stereocenters. The third-order valence-corrected chi connectivity index (χ3v) is 5.78. The fraction of sp³-hybridized carbons (Fsp3) is 0.100. The Morgan fingerprint density at radius 1 is 0.889 bits per heavy atom. The van der Waals surface area contributed by atoms with Crippen LogP contribution < -0.4 is 10.1 Å².